The molecule has 0 saturated heterocycles. The van der Waals surface area contributed by atoms with Crippen LogP contribution in [0.3, 0.4) is 0 Å². The lowest BCUT2D eigenvalue weighted by Crippen LogP contribution is -2.13. The summed E-state index contributed by atoms with van der Waals surface area (Å²) >= 11 is 2.32. The van der Waals surface area contributed by atoms with Gasteiger partial charge in [0.15, 0.2) is 5.13 Å². The van der Waals surface area contributed by atoms with Crippen LogP contribution in [0.1, 0.15) is 9.67 Å². The lowest BCUT2D eigenvalue weighted by atomic mass is 10.4. The fourth-order valence-corrected chi connectivity index (χ4v) is 2.81. The largest absolute Gasteiger partial charge is 0.465 e. The molecule has 1 N–H and O–H groups in total. The van der Waals surface area contributed by atoms with Crippen LogP contribution in [0.25, 0.3) is 0 Å². The molecule has 5 nitrogen and oxygen atoms in total. The Labute approximate surface area is 128 Å². The number of carbonyl (C=O) groups excluding carboxylic acids is 2. The van der Waals surface area contributed by atoms with Crippen LogP contribution in [0, 0.1) is 5.82 Å². The van der Waals surface area contributed by atoms with Crippen molar-refractivity contribution in [3.05, 3.63) is 41.2 Å². The zero-order valence-electron chi connectivity index (χ0n) is 11.0. The molecule has 1 heterocycles. The van der Waals surface area contributed by atoms with Crippen molar-refractivity contribution in [2.24, 2.45) is 0 Å². The Hall–Kier alpha value is -1.93. The number of nitrogens with zero attached hydrogens (tertiary/aromatic N) is 1. The SMILES string of the molecule is COC(=O)c1cnc(NC(=O)CSc2ccc(F)cc2)s1. The maximum Gasteiger partial charge on any atom is 0.349 e. The van der Waals surface area contributed by atoms with Gasteiger partial charge in [-0.15, -0.1) is 11.8 Å². The van der Waals surface area contributed by atoms with Gasteiger partial charge in [-0.3, -0.25) is 4.79 Å². The van der Waals surface area contributed by atoms with E-state index in [9.17, 15) is 14.0 Å². The summed E-state index contributed by atoms with van der Waals surface area (Å²) in [6.45, 7) is 0. The number of nitrogens with one attached hydrogen (secondary N) is 1. The second-order valence-corrected chi connectivity index (χ2v) is 5.89. The van der Waals surface area contributed by atoms with Gasteiger partial charge in [-0.25, -0.2) is 14.2 Å². The van der Waals surface area contributed by atoms with Crippen molar-refractivity contribution in [1.82, 2.24) is 4.98 Å². The summed E-state index contributed by atoms with van der Waals surface area (Å²) in [5.41, 5.74) is 0. The van der Waals surface area contributed by atoms with E-state index < -0.39 is 5.97 Å². The molecule has 0 aliphatic heterocycles. The molecule has 1 aromatic carbocycles. The second kappa shape index (κ2) is 7.19. The summed E-state index contributed by atoms with van der Waals surface area (Å²) in [5, 5.41) is 2.92. The molecule has 0 unspecified atom stereocenters. The molecular weight excluding hydrogens is 315 g/mol. The van der Waals surface area contributed by atoms with Crippen LogP contribution >= 0.6 is 23.1 Å². The molecule has 0 bridgehead atoms. The van der Waals surface area contributed by atoms with E-state index in [4.69, 9.17) is 0 Å². The van der Waals surface area contributed by atoms with Crippen molar-refractivity contribution in [1.29, 1.82) is 0 Å². The number of hydrogen-bond acceptors (Lipinski definition) is 6. The topological polar surface area (TPSA) is 68.3 Å². The number of ether oxygens (including phenoxy) is 1. The van der Waals surface area contributed by atoms with Crippen LogP contribution in [0.5, 0.6) is 0 Å². The summed E-state index contributed by atoms with van der Waals surface area (Å²) in [6, 6.07) is 5.88. The standard InChI is InChI=1S/C13H11FN2O3S2/c1-19-12(18)10-6-15-13(21-10)16-11(17)7-20-9-4-2-8(14)3-5-9/h2-6H,7H2,1H3,(H,15,16,17). The van der Waals surface area contributed by atoms with Gasteiger partial charge in [0.2, 0.25) is 5.91 Å². The molecule has 2 rings (SSSR count). The number of aromatic nitrogens is 1. The molecule has 0 spiro atoms. The van der Waals surface area contributed by atoms with Crippen LogP contribution in [0.4, 0.5) is 9.52 Å². The van der Waals surface area contributed by atoms with Crippen molar-refractivity contribution < 1.29 is 18.7 Å². The highest BCUT2D eigenvalue weighted by molar-refractivity contribution is 8.00. The fourth-order valence-electron chi connectivity index (χ4n) is 1.36. The number of benzene rings is 1. The van der Waals surface area contributed by atoms with Gasteiger partial charge in [-0.2, -0.15) is 0 Å². The van der Waals surface area contributed by atoms with Crippen LogP contribution in [-0.4, -0.2) is 29.7 Å². The summed E-state index contributed by atoms with van der Waals surface area (Å²) in [4.78, 5) is 28.0. The van der Waals surface area contributed by atoms with Gasteiger partial charge in [-0.05, 0) is 24.3 Å². The Morgan fingerprint density at radius 1 is 1.38 bits per heavy atom. The van der Waals surface area contributed by atoms with E-state index in [-0.39, 0.29) is 17.5 Å². The van der Waals surface area contributed by atoms with Gasteiger partial charge < -0.3 is 10.1 Å². The minimum absolute atomic E-state index is 0.165. The van der Waals surface area contributed by atoms with E-state index in [0.29, 0.717) is 10.0 Å². The molecule has 1 amide bonds. The zero-order valence-corrected chi connectivity index (χ0v) is 12.6. The number of esters is 1. The van der Waals surface area contributed by atoms with E-state index in [2.05, 4.69) is 15.0 Å². The van der Waals surface area contributed by atoms with Crippen LogP contribution < -0.4 is 5.32 Å². The van der Waals surface area contributed by atoms with Crippen LogP contribution in [-0.2, 0) is 9.53 Å². The number of carbonyl (C=O) groups is 2. The Morgan fingerprint density at radius 3 is 2.76 bits per heavy atom. The van der Waals surface area contributed by atoms with Gasteiger partial charge in [0.1, 0.15) is 10.7 Å². The molecule has 0 aliphatic carbocycles. The molecule has 1 aromatic heterocycles. The number of rotatable bonds is 5. The number of anilines is 1. The van der Waals surface area contributed by atoms with Gasteiger partial charge in [0.25, 0.3) is 0 Å². The molecule has 8 heteroatoms. The molecule has 110 valence electrons. The Morgan fingerprint density at radius 2 is 2.10 bits per heavy atom. The van der Waals surface area contributed by atoms with Crippen LogP contribution in [0.15, 0.2) is 35.4 Å². The smallest absolute Gasteiger partial charge is 0.349 e. The maximum atomic E-state index is 12.7. The highest BCUT2D eigenvalue weighted by atomic mass is 32.2. The minimum Gasteiger partial charge on any atom is -0.465 e. The molecule has 2 aromatic rings. The van der Waals surface area contributed by atoms with E-state index in [1.807, 2.05) is 0 Å². The van der Waals surface area contributed by atoms with Gasteiger partial charge in [-0.1, -0.05) is 11.3 Å². The number of thioether (sulfide) groups is 1. The quantitative estimate of drug-likeness (QED) is 0.676. The molecule has 21 heavy (non-hydrogen) atoms. The second-order valence-electron chi connectivity index (χ2n) is 3.81. The number of methoxy groups -OCH3 is 1. The maximum absolute atomic E-state index is 12.7. The van der Waals surface area contributed by atoms with Crippen molar-refractivity contribution in [2.75, 3.05) is 18.2 Å². The zero-order chi connectivity index (χ0) is 15.2. The molecule has 0 atom stereocenters. The third-order valence-electron chi connectivity index (χ3n) is 2.32. The lowest BCUT2D eigenvalue weighted by Gasteiger charge is -2.02. The first kappa shape index (κ1) is 15.5. The summed E-state index contributed by atoms with van der Waals surface area (Å²) < 4.78 is 17.3. The summed E-state index contributed by atoms with van der Waals surface area (Å²) in [5.74, 6) is -0.899. The average molecular weight is 326 g/mol. The third kappa shape index (κ3) is 4.54. The molecular formula is C13H11FN2O3S2. The number of thiazole rings is 1. The first-order valence-electron chi connectivity index (χ1n) is 5.81. The van der Waals surface area contributed by atoms with Crippen molar-refractivity contribution in [2.45, 2.75) is 4.90 Å². The number of amides is 1. The monoisotopic (exact) mass is 326 g/mol. The Balaban J connectivity index is 1.85. The molecule has 0 fully saturated rings. The number of halogens is 1. The van der Waals surface area contributed by atoms with Crippen molar-refractivity contribution in [3.63, 3.8) is 0 Å². The van der Waals surface area contributed by atoms with Crippen LogP contribution in [0.2, 0.25) is 0 Å². The highest BCUT2D eigenvalue weighted by Crippen LogP contribution is 2.21. The molecule has 0 saturated carbocycles. The average Bonchev–Trinajstić information content (AvgIpc) is 2.94. The first-order chi connectivity index (χ1) is 10.1. The van der Waals surface area contributed by atoms with E-state index >= 15 is 0 Å². The van der Waals surface area contributed by atoms with Crippen molar-refractivity contribution in [3.8, 4) is 0 Å². The Kier molecular flexibility index (Phi) is 5.29. The van der Waals surface area contributed by atoms with Crippen molar-refractivity contribution >= 4 is 40.1 Å². The first-order valence-corrected chi connectivity index (χ1v) is 7.61. The summed E-state index contributed by atoms with van der Waals surface area (Å²) in [7, 11) is 1.28. The van der Waals surface area contributed by atoms with Gasteiger partial charge in [0.05, 0.1) is 19.1 Å². The van der Waals surface area contributed by atoms with E-state index in [1.165, 1.54) is 37.2 Å². The Bertz CT molecular complexity index is 643. The van der Waals surface area contributed by atoms with Gasteiger partial charge >= 0.3 is 5.97 Å². The normalized spacial score (nSPS) is 10.2. The third-order valence-corrected chi connectivity index (χ3v) is 4.23. The lowest BCUT2D eigenvalue weighted by molar-refractivity contribution is -0.113. The predicted octanol–water partition coefficient (Wildman–Crippen LogP) is 2.80. The minimum atomic E-state index is -0.492. The molecule has 0 radical (unpaired) electrons. The predicted molar refractivity (Wildman–Crippen MR) is 79.2 cm³/mol. The van der Waals surface area contributed by atoms with Gasteiger partial charge in [0, 0.05) is 4.90 Å². The number of hydrogen-bond donors (Lipinski definition) is 1. The molecule has 0 aliphatic rings. The summed E-state index contributed by atoms with van der Waals surface area (Å²) in [6.07, 6.45) is 1.35. The fraction of sp³-hybridized carbons (Fsp3) is 0.154. The highest BCUT2D eigenvalue weighted by Gasteiger charge is 2.12. The van der Waals surface area contributed by atoms with E-state index in [0.717, 1.165) is 16.2 Å². The van der Waals surface area contributed by atoms with E-state index in [1.54, 1.807) is 12.1 Å².